The molecule has 2 amide bonds. The molecule has 32 heavy (non-hydrogen) atoms. The third-order valence-corrected chi connectivity index (χ3v) is 6.11. The Kier molecular flexibility index (Phi) is 6.72. The zero-order valence-electron chi connectivity index (χ0n) is 17.4. The second kappa shape index (κ2) is 9.67. The van der Waals surface area contributed by atoms with E-state index in [1.807, 2.05) is 24.3 Å². The molecule has 0 spiro atoms. The van der Waals surface area contributed by atoms with Crippen LogP contribution in [0.2, 0.25) is 5.02 Å². The highest BCUT2D eigenvalue weighted by molar-refractivity contribution is 6.30. The monoisotopic (exact) mass is 458 g/mol. The number of aliphatic hydroxyl groups excluding tert-OH is 1. The number of carbonyl (C=O) groups excluding carboxylic acids is 2. The smallest absolute Gasteiger partial charge is 0.245 e. The minimum Gasteiger partial charge on any atom is -0.391 e. The number of fused-ring (bicyclic) bond motifs is 1. The van der Waals surface area contributed by atoms with Crippen LogP contribution >= 0.6 is 11.6 Å². The van der Waals surface area contributed by atoms with Crippen LogP contribution < -0.4 is 5.32 Å². The van der Waals surface area contributed by atoms with E-state index in [1.165, 1.54) is 17.0 Å². The number of nitrogens with one attached hydrogen (secondary N) is 1. The Bertz CT molecular complexity index is 1140. The molecule has 1 fully saturated rings. The third-order valence-electron chi connectivity index (χ3n) is 5.82. The maximum Gasteiger partial charge on any atom is 0.245 e. The zero-order chi connectivity index (χ0) is 22.7. The number of aliphatic hydroxyl groups is 1. The van der Waals surface area contributed by atoms with Gasteiger partial charge in [-0.05, 0) is 31.4 Å². The molecule has 168 valence electrons. The van der Waals surface area contributed by atoms with E-state index in [0.717, 1.165) is 17.3 Å². The number of carbonyl (C=O) groups is 2. The molecule has 1 saturated carbocycles. The van der Waals surface area contributed by atoms with Gasteiger partial charge in [-0.15, -0.1) is 0 Å². The molecule has 7 nitrogen and oxygen atoms in total. The molecule has 1 aromatic heterocycles. The average molecular weight is 459 g/mol. The van der Waals surface area contributed by atoms with E-state index < -0.39 is 23.9 Å². The van der Waals surface area contributed by atoms with Crippen molar-refractivity contribution < 1.29 is 19.1 Å². The molecule has 2 atom stereocenters. The Morgan fingerprint density at radius 3 is 2.81 bits per heavy atom. The molecule has 3 aromatic rings. The van der Waals surface area contributed by atoms with Crippen LogP contribution in [0, 0.1) is 5.82 Å². The molecule has 2 aromatic carbocycles. The van der Waals surface area contributed by atoms with E-state index >= 15 is 0 Å². The molecule has 1 aliphatic carbocycles. The first-order valence-corrected chi connectivity index (χ1v) is 10.9. The van der Waals surface area contributed by atoms with Crippen molar-refractivity contribution in [2.24, 2.45) is 0 Å². The van der Waals surface area contributed by atoms with Gasteiger partial charge in [0.1, 0.15) is 12.4 Å². The standard InChI is InChI=1S/C23H24ClFN4O3/c24-17-7-3-6-16(23(17)25)11-26-21(31)13-28(19-9-4-10-20(19)30)22(32)14-29-18-8-2-1-5-15(18)12-27-29/h1-3,5-8,12,19-20,30H,4,9-11,13-14H2,(H,26,31)/t19-,20-/m0/s1. The van der Waals surface area contributed by atoms with Crippen molar-refractivity contribution in [3.63, 3.8) is 0 Å². The Hall–Kier alpha value is -2.97. The van der Waals surface area contributed by atoms with Gasteiger partial charge in [0.15, 0.2) is 0 Å². The second-order valence-electron chi connectivity index (χ2n) is 7.94. The molecule has 2 N–H and O–H groups in total. The highest BCUT2D eigenvalue weighted by Crippen LogP contribution is 2.25. The van der Waals surface area contributed by atoms with Gasteiger partial charge in [0, 0.05) is 17.5 Å². The number of hydrogen-bond donors (Lipinski definition) is 2. The summed E-state index contributed by atoms with van der Waals surface area (Å²) in [6.07, 6.45) is 2.96. The number of halogens is 2. The van der Waals surface area contributed by atoms with Crippen LogP contribution in [-0.2, 0) is 22.7 Å². The van der Waals surface area contributed by atoms with Crippen molar-refractivity contribution in [2.45, 2.75) is 44.5 Å². The highest BCUT2D eigenvalue weighted by Gasteiger charge is 2.35. The summed E-state index contributed by atoms with van der Waals surface area (Å²) >= 11 is 5.79. The average Bonchev–Trinajstić information content (AvgIpc) is 3.39. The van der Waals surface area contributed by atoms with Crippen LogP contribution in [0.1, 0.15) is 24.8 Å². The fourth-order valence-corrected chi connectivity index (χ4v) is 4.33. The van der Waals surface area contributed by atoms with Crippen molar-refractivity contribution in [3.8, 4) is 0 Å². The van der Waals surface area contributed by atoms with Crippen LogP contribution in [0.3, 0.4) is 0 Å². The first-order valence-electron chi connectivity index (χ1n) is 10.5. The van der Waals surface area contributed by atoms with Gasteiger partial charge in [0.2, 0.25) is 11.8 Å². The molecule has 1 heterocycles. The Labute approximate surface area is 189 Å². The molecule has 9 heteroatoms. The number of rotatable bonds is 7. The summed E-state index contributed by atoms with van der Waals surface area (Å²) < 4.78 is 15.7. The van der Waals surface area contributed by atoms with E-state index in [9.17, 15) is 19.1 Å². The Morgan fingerprint density at radius 2 is 2.03 bits per heavy atom. The van der Waals surface area contributed by atoms with E-state index in [1.54, 1.807) is 16.9 Å². The number of benzene rings is 2. The van der Waals surface area contributed by atoms with Crippen molar-refractivity contribution >= 4 is 34.3 Å². The van der Waals surface area contributed by atoms with E-state index in [2.05, 4.69) is 10.4 Å². The van der Waals surface area contributed by atoms with Crippen LogP contribution in [0.25, 0.3) is 10.9 Å². The van der Waals surface area contributed by atoms with E-state index in [4.69, 9.17) is 11.6 Å². The molecule has 4 rings (SSSR count). The summed E-state index contributed by atoms with van der Waals surface area (Å²) in [5.74, 6) is -1.34. The number of para-hydroxylation sites is 1. The van der Waals surface area contributed by atoms with Gasteiger partial charge in [-0.1, -0.05) is 41.9 Å². The number of nitrogens with zero attached hydrogens (tertiary/aromatic N) is 3. The summed E-state index contributed by atoms with van der Waals surface area (Å²) in [4.78, 5) is 27.2. The van der Waals surface area contributed by atoms with Crippen LogP contribution in [0.15, 0.2) is 48.7 Å². The third kappa shape index (κ3) is 4.76. The van der Waals surface area contributed by atoms with Gasteiger partial charge in [-0.2, -0.15) is 5.10 Å². The van der Waals surface area contributed by atoms with Gasteiger partial charge < -0.3 is 15.3 Å². The molecule has 0 unspecified atom stereocenters. The van der Waals surface area contributed by atoms with Gasteiger partial charge in [-0.3, -0.25) is 14.3 Å². The van der Waals surface area contributed by atoms with Crippen molar-refractivity contribution in [2.75, 3.05) is 6.54 Å². The van der Waals surface area contributed by atoms with Gasteiger partial charge >= 0.3 is 0 Å². The lowest BCUT2D eigenvalue weighted by atomic mass is 10.1. The molecule has 0 bridgehead atoms. The van der Waals surface area contributed by atoms with Gasteiger partial charge in [-0.25, -0.2) is 4.39 Å². The summed E-state index contributed by atoms with van der Waals surface area (Å²) in [5, 5.41) is 18.2. The zero-order valence-corrected chi connectivity index (χ0v) is 18.1. The van der Waals surface area contributed by atoms with E-state index in [0.29, 0.717) is 12.8 Å². The van der Waals surface area contributed by atoms with E-state index in [-0.39, 0.29) is 36.1 Å². The Balaban J connectivity index is 1.47. The maximum absolute atomic E-state index is 14.1. The molecule has 0 aliphatic heterocycles. The molecule has 1 aliphatic rings. The Morgan fingerprint density at radius 1 is 1.22 bits per heavy atom. The fourth-order valence-electron chi connectivity index (χ4n) is 4.14. The number of aromatic nitrogens is 2. The summed E-state index contributed by atoms with van der Waals surface area (Å²) in [5.41, 5.74) is 1.07. The largest absolute Gasteiger partial charge is 0.391 e. The lowest BCUT2D eigenvalue weighted by Crippen LogP contribution is -2.50. The lowest BCUT2D eigenvalue weighted by molar-refractivity contribution is -0.140. The van der Waals surface area contributed by atoms with Crippen molar-refractivity contribution in [3.05, 3.63) is 65.1 Å². The fraction of sp³-hybridized carbons (Fsp3) is 0.348. The summed E-state index contributed by atoms with van der Waals surface area (Å²) in [7, 11) is 0. The maximum atomic E-state index is 14.1. The van der Waals surface area contributed by atoms with Gasteiger partial charge in [0.25, 0.3) is 0 Å². The summed E-state index contributed by atoms with van der Waals surface area (Å²) in [6, 6.07) is 11.7. The lowest BCUT2D eigenvalue weighted by Gasteiger charge is -2.30. The quantitative estimate of drug-likeness (QED) is 0.570. The topological polar surface area (TPSA) is 87.5 Å². The first kappa shape index (κ1) is 22.2. The molecular weight excluding hydrogens is 435 g/mol. The van der Waals surface area contributed by atoms with Crippen molar-refractivity contribution in [1.29, 1.82) is 0 Å². The summed E-state index contributed by atoms with van der Waals surface area (Å²) in [6.45, 7) is -0.334. The molecular formula is C23H24ClFN4O3. The number of amides is 2. The SMILES string of the molecule is O=C(CN(C(=O)Cn1ncc2ccccc21)[C@H]1CCC[C@@H]1O)NCc1cccc(Cl)c1F. The highest BCUT2D eigenvalue weighted by atomic mass is 35.5. The normalized spacial score (nSPS) is 18.1. The predicted molar refractivity (Wildman–Crippen MR) is 118 cm³/mol. The van der Waals surface area contributed by atoms with Crippen LogP contribution in [-0.4, -0.2) is 50.3 Å². The van der Waals surface area contributed by atoms with Gasteiger partial charge in [0.05, 0.1) is 35.4 Å². The minimum absolute atomic E-state index is 0.0194. The van der Waals surface area contributed by atoms with Crippen LogP contribution in [0.5, 0.6) is 0 Å². The minimum atomic E-state index is -0.688. The first-order chi connectivity index (χ1) is 15.4. The predicted octanol–water partition coefficient (Wildman–Crippen LogP) is 2.89. The van der Waals surface area contributed by atoms with Crippen molar-refractivity contribution in [1.82, 2.24) is 20.0 Å². The molecule has 0 saturated heterocycles. The number of hydrogen-bond acceptors (Lipinski definition) is 4. The van der Waals surface area contributed by atoms with Crippen LogP contribution in [0.4, 0.5) is 4.39 Å². The molecule has 0 radical (unpaired) electrons. The second-order valence-corrected chi connectivity index (χ2v) is 8.35.